The molecule has 226 valence electrons. The maximum atomic E-state index is 5.18. The number of unbranched alkanes of at least 4 members (excludes halogenated alkanes) is 5. The van der Waals surface area contributed by atoms with Gasteiger partial charge in [-0.15, -0.1) is 0 Å². The van der Waals surface area contributed by atoms with Crippen molar-refractivity contribution in [2.75, 3.05) is 0 Å². The normalized spacial score (nSPS) is 12.0. The van der Waals surface area contributed by atoms with E-state index in [1.807, 2.05) is 6.21 Å². The predicted molar refractivity (Wildman–Crippen MR) is 188 cm³/mol. The highest BCUT2D eigenvalue weighted by Gasteiger charge is 2.13. The monoisotopic (exact) mass is 564 g/mol. The van der Waals surface area contributed by atoms with Crippen molar-refractivity contribution in [1.29, 1.82) is 0 Å². The second-order valence-corrected chi connectivity index (χ2v) is 11.7. The molecule has 0 saturated carbocycles. The van der Waals surface area contributed by atoms with E-state index in [1.54, 1.807) is 5.56 Å². The molecular weight excluding hydrogens is 508 g/mol. The van der Waals surface area contributed by atoms with Gasteiger partial charge in [0.25, 0.3) is 0 Å². The largest absolute Gasteiger partial charge is 0.255 e. The van der Waals surface area contributed by atoms with Gasteiger partial charge in [-0.3, -0.25) is 9.98 Å². The summed E-state index contributed by atoms with van der Waals surface area (Å²) in [6.07, 6.45) is 18.4. The number of hydrogen-bond donors (Lipinski definition) is 0. The van der Waals surface area contributed by atoms with Gasteiger partial charge in [-0.05, 0) is 121 Å². The summed E-state index contributed by atoms with van der Waals surface area (Å²) in [5.41, 5.74) is 13.2. The molecule has 0 amide bonds. The summed E-state index contributed by atoms with van der Waals surface area (Å²) in [5, 5.41) is 0. The van der Waals surface area contributed by atoms with E-state index in [0.29, 0.717) is 0 Å². The molecule has 0 atom stereocenters. The number of aliphatic imine (C=N–C) groups is 2. The fraction of sp³-hybridized carbons (Fsp3) is 0.500. The molecule has 0 aromatic heterocycles. The minimum absolute atomic E-state index is 0.850. The minimum Gasteiger partial charge on any atom is -0.255 e. The van der Waals surface area contributed by atoms with Crippen LogP contribution in [0.15, 0.2) is 64.6 Å². The Morgan fingerprint density at radius 2 is 1.24 bits per heavy atom. The average Bonchev–Trinajstić information content (AvgIpc) is 3.03. The second-order valence-electron chi connectivity index (χ2n) is 11.7. The van der Waals surface area contributed by atoms with Gasteiger partial charge in [-0.25, -0.2) is 0 Å². The third-order valence-corrected chi connectivity index (χ3v) is 8.44. The maximum Gasteiger partial charge on any atom is 0.0642 e. The van der Waals surface area contributed by atoms with E-state index in [1.165, 1.54) is 84.7 Å². The average molecular weight is 565 g/mol. The highest BCUT2D eigenvalue weighted by Crippen LogP contribution is 2.33. The van der Waals surface area contributed by atoms with Crippen LogP contribution < -0.4 is 0 Å². The molecule has 0 spiro atoms. The Bertz CT molecular complexity index is 1250. The molecule has 3 aromatic carbocycles. The number of aryl methyl sites for hydroxylation is 3. The van der Waals surface area contributed by atoms with Gasteiger partial charge in [0.1, 0.15) is 0 Å². The van der Waals surface area contributed by atoms with Crippen LogP contribution in [0.3, 0.4) is 0 Å². The quantitative estimate of drug-likeness (QED) is 0.108. The van der Waals surface area contributed by atoms with Crippen molar-refractivity contribution < 1.29 is 0 Å². The second kappa shape index (κ2) is 18.5. The lowest BCUT2D eigenvalue weighted by atomic mass is 9.90. The molecule has 0 aliphatic carbocycles. The fourth-order valence-electron chi connectivity index (χ4n) is 6.00. The third kappa shape index (κ3) is 9.79. The fourth-order valence-corrected chi connectivity index (χ4v) is 6.00. The summed E-state index contributed by atoms with van der Waals surface area (Å²) in [7, 11) is 0. The Labute approximate surface area is 257 Å². The molecule has 0 aliphatic rings. The van der Waals surface area contributed by atoms with Crippen LogP contribution in [0.1, 0.15) is 127 Å². The van der Waals surface area contributed by atoms with Gasteiger partial charge in [-0.2, -0.15) is 0 Å². The molecule has 0 saturated heterocycles. The summed E-state index contributed by atoms with van der Waals surface area (Å²) < 4.78 is 0. The molecule has 3 aromatic rings. The van der Waals surface area contributed by atoms with Gasteiger partial charge in [0, 0.05) is 6.21 Å². The molecule has 0 N–H and O–H groups in total. The van der Waals surface area contributed by atoms with Gasteiger partial charge in [0.2, 0.25) is 0 Å². The van der Waals surface area contributed by atoms with E-state index in [-0.39, 0.29) is 0 Å². The highest BCUT2D eigenvalue weighted by atomic mass is 14.8. The molecule has 0 fully saturated rings. The zero-order chi connectivity index (χ0) is 30.2. The van der Waals surface area contributed by atoms with Crippen LogP contribution in [0.2, 0.25) is 0 Å². The van der Waals surface area contributed by atoms with Crippen LogP contribution in [0.4, 0.5) is 11.4 Å². The summed E-state index contributed by atoms with van der Waals surface area (Å²) >= 11 is 0. The molecule has 0 unspecified atom stereocenters. The molecule has 0 radical (unpaired) electrons. The van der Waals surface area contributed by atoms with Gasteiger partial charge in [0.15, 0.2) is 0 Å². The van der Waals surface area contributed by atoms with Crippen molar-refractivity contribution >= 4 is 23.3 Å². The smallest absolute Gasteiger partial charge is 0.0642 e. The van der Waals surface area contributed by atoms with Crippen LogP contribution in [0.5, 0.6) is 0 Å². The van der Waals surface area contributed by atoms with E-state index in [2.05, 4.69) is 96.1 Å². The Morgan fingerprint density at radius 1 is 0.595 bits per heavy atom. The predicted octanol–water partition coefficient (Wildman–Crippen LogP) is 12.2. The SMILES string of the molecule is CCCCCCc1c(CC)cc(N=C(C=Nc2cc(CCCC)c(CC)c(CCCC)c2)CC)cc1-c1ccccc1. The van der Waals surface area contributed by atoms with Crippen molar-refractivity contribution in [3.05, 3.63) is 82.4 Å². The molecule has 3 rings (SSSR count). The van der Waals surface area contributed by atoms with E-state index in [9.17, 15) is 0 Å². The van der Waals surface area contributed by atoms with Crippen LogP contribution in [0.25, 0.3) is 11.1 Å². The topological polar surface area (TPSA) is 24.7 Å². The maximum absolute atomic E-state index is 5.18. The standard InChI is InChI=1S/C40H56N2/c1-7-13-16-20-25-39-31(10-4)26-37(29-40(39)32-23-18-17-19-24-32)42-35(11-5)30-41-36-27-33(21-14-8-2)38(12-6)34(28-36)22-15-9-3/h17-19,23-24,26-30H,7-16,20-22,25H2,1-6H3. The molecule has 0 aliphatic heterocycles. The molecule has 2 heteroatoms. The molecule has 0 bridgehead atoms. The zero-order valence-corrected chi connectivity index (χ0v) is 27.6. The van der Waals surface area contributed by atoms with E-state index in [4.69, 9.17) is 9.98 Å². The van der Waals surface area contributed by atoms with E-state index >= 15 is 0 Å². The summed E-state index contributed by atoms with van der Waals surface area (Å²) in [5.74, 6) is 0. The van der Waals surface area contributed by atoms with E-state index < -0.39 is 0 Å². The minimum atomic E-state index is 0.850. The Morgan fingerprint density at radius 3 is 1.81 bits per heavy atom. The number of hydrogen-bond acceptors (Lipinski definition) is 2. The molecule has 2 nitrogen and oxygen atoms in total. The highest BCUT2D eigenvalue weighted by molar-refractivity contribution is 6.31. The zero-order valence-electron chi connectivity index (χ0n) is 27.6. The number of rotatable bonds is 18. The van der Waals surface area contributed by atoms with Crippen LogP contribution in [-0.4, -0.2) is 11.9 Å². The first-order valence-electron chi connectivity index (χ1n) is 17.1. The van der Waals surface area contributed by atoms with Crippen molar-refractivity contribution in [2.45, 2.75) is 131 Å². The Balaban J connectivity index is 2.00. The van der Waals surface area contributed by atoms with Gasteiger partial charge in [0.05, 0.1) is 17.1 Å². The summed E-state index contributed by atoms with van der Waals surface area (Å²) in [4.78, 5) is 10.2. The lowest BCUT2D eigenvalue weighted by Crippen LogP contribution is -2.01. The van der Waals surface area contributed by atoms with Crippen molar-refractivity contribution in [2.24, 2.45) is 9.98 Å². The number of benzene rings is 3. The third-order valence-electron chi connectivity index (χ3n) is 8.44. The lowest BCUT2D eigenvalue weighted by molar-refractivity contribution is 0.665. The van der Waals surface area contributed by atoms with Crippen molar-refractivity contribution in [1.82, 2.24) is 0 Å². The lowest BCUT2D eigenvalue weighted by Gasteiger charge is -2.16. The van der Waals surface area contributed by atoms with Crippen LogP contribution in [0, 0.1) is 0 Å². The molecular formula is C40H56N2. The summed E-state index contributed by atoms with van der Waals surface area (Å²) in [6, 6.07) is 20.2. The number of nitrogens with zero attached hydrogens (tertiary/aromatic N) is 2. The Hall–Kier alpha value is -3.00. The summed E-state index contributed by atoms with van der Waals surface area (Å²) in [6.45, 7) is 13.6. The van der Waals surface area contributed by atoms with Gasteiger partial charge in [-0.1, -0.05) is 104 Å². The Kier molecular flexibility index (Phi) is 14.8. The van der Waals surface area contributed by atoms with E-state index in [0.717, 1.165) is 55.6 Å². The van der Waals surface area contributed by atoms with Crippen molar-refractivity contribution in [3.8, 4) is 11.1 Å². The van der Waals surface area contributed by atoms with Crippen molar-refractivity contribution in [3.63, 3.8) is 0 Å². The van der Waals surface area contributed by atoms with Crippen LogP contribution in [-0.2, 0) is 32.1 Å². The van der Waals surface area contributed by atoms with Gasteiger partial charge >= 0.3 is 0 Å². The molecule has 0 heterocycles. The first kappa shape index (κ1) is 33.5. The molecule has 42 heavy (non-hydrogen) atoms. The van der Waals surface area contributed by atoms with Crippen LogP contribution >= 0.6 is 0 Å². The first-order valence-corrected chi connectivity index (χ1v) is 17.1. The van der Waals surface area contributed by atoms with Gasteiger partial charge < -0.3 is 0 Å². The first-order chi connectivity index (χ1) is 20.6.